The van der Waals surface area contributed by atoms with Gasteiger partial charge < -0.3 is 4.74 Å². The van der Waals surface area contributed by atoms with Crippen LogP contribution in [0.3, 0.4) is 0 Å². The highest BCUT2D eigenvalue weighted by atomic mass is 79.9. The van der Waals surface area contributed by atoms with Crippen LogP contribution in [-0.4, -0.2) is 38.0 Å². The molecule has 1 saturated heterocycles. The molecule has 0 bridgehead atoms. The number of aromatic nitrogens is 2. The second-order valence-corrected chi connectivity index (χ2v) is 10.9. The van der Waals surface area contributed by atoms with Gasteiger partial charge in [-0.05, 0) is 76.7 Å². The topological polar surface area (TPSA) is 76.5 Å². The first-order valence-electron chi connectivity index (χ1n) is 11.2. The number of thiocarbonyl (C=S) groups is 1. The molecule has 5 rings (SSSR count). The molecule has 1 aromatic heterocycles. The van der Waals surface area contributed by atoms with E-state index in [4.69, 9.17) is 33.7 Å². The maximum absolute atomic E-state index is 13.3. The lowest BCUT2D eigenvalue weighted by atomic mass is 10.1. The molecule has 0 atom stereocenters. The number of carbonyl (C=O) groups excluding carboxylic acids is 2. The summed E-state index contributed by atoms with van der Waals surface area (Å²) in [6.45, 7) is 0. The average Bonchev–Trinajstić information content (AvgIpc) is 3.46. The lowest BCUT2D eigenvalue weighted by Crippen LogP contribution is -2.44. The van der Waals surface area contributed by atoms with E-state index in [-0.39, 0.29) is 14.9 Å². The van der Waals surface area contributed by atoms with Crippen molar-refractivity contribution in [1.29, 1.82) is 0 Å². The number of nitrogens with zero attached hydrogens (tertiary/aromatic N) is 3. The van der Waals surface area contributed by atoms with Gasteiger partial charge >= 0.3 is 0 Å². The van der Waals surface area contributed by atoms with Gasteiger partial charge in [0.2, 0.25) is 0 Å². The van der Waals surface area contributed by atoms with E-state index < -0.39 is 11.8 Å². The minimum absolute atomic E-state index is 0.200. The zero-order valence-corrected chi connectivity index (χ0v) is 23.7. The van der Waals surface area contributed by atoms with Gasteiger partial charge in [0.1, 0.15) is 11.4 Å². The smallest absolute Gasteiger partial charge is 0.285 e. The molecule has 0 spiro atoms. The Balaban J connectivity index is 1.50. The summed E-state index contributed by atoms with van der Waals surface area (Å²) in [6, 6.07) is 21.9. The molecule has 0 radical (unpaired) electrons. The lowest BCUT2D eigenvalue weighted by molar-refractivity contribution is -0.123. The molecule has 7 nitrogen and oxygen atoms in total. The maximum atomic E-state index is 13.3. The van der Waals surface area contributed by atoms with Crippen molar-refractivity contribution in [2.75, 3.05) is 7.11 Å². The molecule has 38 heavy (non-hydrogen) atoms. The van der Waals surface area contributed by atoms with Gasteiger partial charge in [0.25, 0.3) is 11.8 Å². The minimum Gasteiger partial charge on any atom is -0.496 e. The van der Waals surface area contributed by atoms with Gasteiger partial charge in [0.15, 0.2) is 4.32 Å². The summed E-state index contributed by atoms with van der Waals surface area (Å²) in [5.74, 6) is -0.295. The van der Waals surface area contributed by atoms with Crippen molar-refractivity contribution in [3.05, 3.63) is 105 Å². The van der Waals surface area contributed by atoms with Gasteiger partial charge in [-0.2, -0.15) is 10.1 Å². The van der Waals surface area contributed by atoms with E-state index >= 15 is 0 Å². The first kappa shape index (κ1) is 26.2. The van der Waals surface area contributed by atoms with E-state index in [1.807, 2.05) is 54.7 Å². The zero-order valence-electron chi connectivity index (χ0n) is 19.7. The van der Waals surface area contributed by atoms with Crippen LogP contribution in [0.15, 0.2) is 88.4 Å². The fourth-order valence-electron chi connectivity index (χ4n) is 3.76. The quantitative estimate of drug-likeness (QED) is 0.195. The number of nitrogens with one attached hydrogen (secondary N) is 1. The van der Waals surface area contributed by atoms with E-state index in [1.54, 1.807) is 42.1 Å². The molecule has 190 valence electrons. The number of carbonyl (C=O) groups is 2. The summed E-state index contributed by atoms with van der Waals surface area (Å²) in [7, 11) is 1.60. The molecule has 1 aliphatic rings. The predicted molar refractivity (Wildman–Crippen MR) is 157 cm³/mol. The molecule has 0 unspecified atom stereocenters. The van der Waals surface area contributed by atoms with Crippen LogP contribution in [0.2, 0.25) is 5.02 Å². The minimum atomic E-state index is -0.534. The molecule has 4 aromatic rings. The fraction of sp³-hybridized carbons (Fsp3) is 0.0370. The van der Waals surface area contributed by atoms with Crippen LogP contribution in [0.4, 0.5) is 0 Å². The van der Waals surface area contributed by atoms with E-state index in [1.165, 1.54) is 0 Å². The first-order chi connectivity index (χ1) is 18.4. The average molecular weight is 626 g/mol. The number of para-hydroxylation sites is 1. The highest BCUT2D eigenvalue weighted by molar-refractivity contribution is 9.10. The summed E-state index contributed by atoms with van der Waals surface area (Å²) in [5.41, 5.74) is 5.84. The van der Waals surface area contributed by atoms with Crippen LogP contribution < -0.4 is 10.2 Å². The Morgan fingerprint density at radius 1 is 1.13 bits per heavy atom. The number of hydrazine groups is 1. The molecule has 1 N–H and O–H groups in total. The number of benzene rings is 3. The molecule has 11 heteroatoms. The summed E-state index contributed by atoms with van der Waals surface area (Å²) in [5, 5.41) is 6.14. The van der Waals surface area contributed by atoms with Gasteiger partial charge in [0.05, 0.1) is 32.8 Å². The largest absolute Gasteiger partial charge is 0.496 e. The fourth-order valence-corrected chi connectivity index (χ4v) is 5.69. The Hall–Kier alpha value is -3.44. The van der Waals surface area contributed by atoms with Gasteiger partial charge in [-0.1, -0.05) is 53.7 Å². The molecule has 1 fully saturated rings. The number of halogens is 2. The van der Waals surface area contributed by atoms with Crippen molar-refractivity contribution in [3.8, 4) is 22.7 Å². The number of rotatable bonds is 6. The molecule has 2 amide bonds. The molecular weight excluding hydrogens is 608 g/mol. The van der Waals surface area contributed by atoms with E-state index in [0.717, 1.165) is 32.5 Å². The van der Waals surface area contributed by atoms with Crippen LogP contribution in [0.25, 0.3) is 23.0 Å². The maximum Gasteiger partial charge on any atom is 0.285 e. The van der Waals surface area contributed by atoms with Crippen molar-refractivity contribution in [2.45, 2.75) is 0 Å². The van der Waals surface area contributed by atoms with E-state index in [2.05, 4.69) is 21.4 Å². The summed E-state index contributed by atoms with van der Waals surface area (Å²) in [6.07, 6.45) is 3.57. The summed E-state index contributed by atoms with van der Waals surface area (Å²) in [4.78, 5) is 26.4. The first-order valence-corrected chi connectivity index (χ1v) is 13.6. The number of methoxy groups -OCH3 is 1. The van der Waals surface area contributed by atoms with Crippen LogP contribution in [-0.2, 0) is 4.79 Å². The molecule has 0 aliphatic carbocycles. The van der Waals surface area contributed by atoms with Crippen LogP contribution in [0.1, 0.15) is 15.9 Å². The molecule has 2 heterocycles. The Labute approximate surface area is 241 Å². The van der Waals surface area contributed by atoms with Gasteiger partial charge in [-0.25, -0.2) is 4.68 Å². The number of hydrogen-bond donors (Lipinski definition) is 1. The van der Waals surface area contributed by atoms with Crippen molar-refractivity contribution in [3.63, 3.8) is 0 Å². The van der Waals surface area contributed by atoms with Crippen LogP contribution >= 0.6 is 51.5 Å². The number of ether oxygens (including phenoxy) is 1. The molecule has 1 aliphatic heterocycles. The standard InChI is InChI=1S/C27H18BrClN4O3S2/c1-36-22-12-11-16(13-20(22)28)24-17(15-32(30-24)18-7-3-2-4-8-18)14-23-26(35)33(27(37)38-23)31-25(34)19-9-5-6-10-21(19)29/h2-15H,1H3,(H,31,34). The third-order valence-corrected chi connectivity index (χ3v) is 7.85. The van der Waals surface area contributed by atoms with Crippen molar-refractivity contribution >= 4 is 73.7 Å². The summed E-state index contributed by atoms with van der Waals surface area (Å²) >= 11 is 16.2. The monoisotopic (exact) mass is 624 g/mol. The van der Waals surface area contributed by atoms with Gasteiger partial charge in [-0.15, -0.1) is 0 Å². The summed E-state index contributed by atoms with van der Waals surface area (Å²) < 4.78 is 8.08. The lowest BCUT2D eigenvalue weighted by Gasteiger charge is -2.16. The Morgan fingerprint density at radius 3 is 2.58 bits per heavy atom. The third-order valence-electron chi connectivity index (χ3n) is 5.60. The molecule has 0 saturated carbocycles. The van der Waals surface area contributed by atoms with Crippen molar-refractivity contribution in [1.82, 2.24) is 20.2 Å². The van der Waals surface area contributed by atoms with Crippen LogP contribution in [0.5, 0.6) is 5.75 Å². The molecule has 3 aromatic carbocycles. The van der Waals surface area contributed by atoms with Gasteiger partial charge in [0, 0.05) is 17.3 Å². The number of thioether (sulfide) groups is 1. The van der Waals surface area contributed by atoms with Crippen molar-refractivity contribution < 1.29 is 14.3 Å². The normalized spacial score (nSPS) is 14.3. The highest BCUT2D eigenvalue weighted by Crippen LogP contribution is 2.36. The number of amides is 2. The van der Waals surface area contributed by atoms with E-state index in [0.29, 0.717) is 21.9 Å². The third kappa shape index (κ3) is 5.25. The van der Waals surface area contributed by atoms with Crippen LogP contribution in [0, 0.1) is 0 Å². The number of hydrogen-bond acceptors (Lipinski definition) is 6. The predicted octanol–water partition coefficient (Wildman–Crippen LogP) is 6.51. The Morgan fingerprint density at radius 2 is 1.87 bits per heavy atom. The van der Waals surface area contributed by atoms with Gasteiger partial charge in [-0.3, -0.25) is 15.0 Å². The Bertz CT molecular complexity index is 1610. The second-order valence-electron chi connectivity index (χ2n) is 8.00. The second kappa shape index (κ2) is 11.1. The highest BCUT2D eigenvalue weighted by Gasteiger charge is 2.34. The Kier molecular flexibility index (Phi) is 7.66. The van der Waals surface area contributed by atoms with E-state index in [9.17, 15) is 9.59 Å². The molecular formula is C27H18BrClN4O3S2. The zero-order chi connectivity index (χ0) is 26.8. The van der Waals surface area contributed by atoms with Crippen molar-refractivity contribution in [2.24, 2.45) is 0 Å². The SMILES string of the molecule is COc1ccc(-c2nn(-c3ccccc3)cc2C=C2SC(=S)N(NC(=O)c3ccccc3Cl)C2=O)cc1Br.